The molecule has 1 atom stereocenters. The van der Waals surface area contributed by atoms with Gasteiger partial charge in [0.2, 0.25) is 0 Å². The van der Waals surface area contributed by atoms with Gasteiger partial charge in [-0.15, -0.1) is 0 Å². The van der Waals surface area contributed by atoms with E-state index in [1.54, 1.807) is 12.1 Å². The number of hydrogen-bond acceptors (Lipinski definition) is 3. The predicted molar refractivity (Wildman–Crippen MR) is 118 cm³/mol. The van der Waals surface area contributed by atoms with Crippen LogP contribution in [0.15, 0.2) is 78.4 Å². The lowest BCUT2D eigenvalue weighted by atomic mass is 9.94. The molecule has 30 heavy (non-hydrogen) atoms. The number of Topliss-reactive ketones (excluding diaryl/α,β-unsaturated/α-hetero) is 1. The van der Waals surface area contributed by atoms with Crippen LogP contribution in [0.25, 0.3) is 5.76 Å². The highest BCUT2D eigenvalue weighted by atomic mass is 16.3. The molecule has 1 N–H and O–H groups in total. The molecule has 0 saturated carbocycles. The lowest BCUT2D eigenvalue weighted by Crippen LogP contribution is -2.30. The summed E-state index contributed by atoms with van der Waals surface area (Å²) in [6, 6.07) is 21.7. The van der Waals surface area contributed by atoms with E-state index in [9.17, 15) is 14.7 Å². The predicted octanol–water partition coefficient (Wildman–Crippen LogP) is 5.24. The van der Waals surface area contributed by atoms with Crippen molar-refractivity contribution in [3.63, 3.8) is 0 Å². The van der Waals surface area contributed by atoms with Crippen molar-refractivity contribution in [2.45, 2.75) is 26.8 Å². The number of hydrogen-bond donors (Lipinski definition) is 1. The summed E-state index contributed by atoms with van der Waals surface area (Å²) in [5.74, 6) is -1.47. The normalized spacial score (nSPS) is 18.1. The smallest absolute Gasteiger partial charge is 0.300 e. The van der Waals surface area contributed by atoms with E-state index in [1.807, 2.05) is 81.4 Å². The summed E-state index contributed by atoms with van der Waals surface area (Å²) in [5.41, 5.74) is 5.07. The first kappa shape index (κ1) is 19.6. The van der Waals surface area contributed by atoms with Crippen molar-refractivity contribution in [1.82, 2.24) is 0 Å². The van der Waals surface area contributed by atoms with Crippen LogP contribution >= 0.6 is 0 Å². The van der Waals surface area contributed by atoms with Gasteiger partial charge >= 0.3 is 0 Å². The van der Waals surface area contributed by atoms with Crippen molar-refractivity contribution < 1.29 is 14.7 Å². The Bertz CT molecular complexity index is 1160. The third-order valence-electron chi connectivity index (χ3n) is 5.50. The fourth-order valence-corrected chi connectivity index (χ4v) is 3.97. The van der Waals surface area contributed by atoms with Gasteiger partial charge < -0.3 is 5.11 Å². The molecule has 0 aliphatic carbocycles. The number of nitrogens with zero attached hydrogens (tertiary/aromatic N) is 1. The summed E-state index contributed by atoms with van der Waals surface area (Å²) in [6.45, 7) is 5.85. The summed E-state index contributed by atoms with van der Waals surface area (Å²) in [6.07, 6.45) is 0. The Morgan fingerprint density at radius 1 is 0.833 bits per heavy atom. The number of carbonyl (C=O) groups excluding carboxylic acids is 2. The third-order valence-corrected chi connectivity index (χ3v) is 5.50. The zero-order valence-corrected chi connectivity index (χ0v) is 17.2. The number of aliphatic hydroxyl groups excluding tert-OH is 1. The number of rotatable bonds is 3. The van der Waals surface area contributed by atoms with E-state index in [0.717, 1.165) is 22.3 Å². The average molecular weight is 397 g/mol. The topological polar surface area (TPSA) is 57.6 Å². The molecule has 1 fully saturated rings. The monoisotopic (exact) mass is 397 g/mol. The minimum absolute atomic E-state index is 0.107. The Hall–Kier alpha value is -3.66. The Kier molecular flexibility index (Phi) is 5.00. The average Bonchev–Trinajstić information content (AvgIpc) is 3.00. The van der Waals surface area contributed by atoms with Gasteiger partial charge in [0.05, 0.1) is 11.6 Å². The first-order valence-corrected chi connectivity index (χ1v) is 9.88. The molecular weight excluding hydrogens is 374 g/mol. The van der Waals surface area contributed by atoms with Crippen molar-refractivity contribution in [3.05, 3.63) is 106 Å². The van der Waals surface area contributed by atoms with Crippen molar-refractivity contribution in [2.75, 3.05) is 4.90 Å². The molecule has 4 nitrogen and oxygen atoms in total. The van der Waals surface area contributed by atoms with Crippen LogP contribution in [0.2, 0.25) is 0 Å². The molecule has 150 valence electrons. The van der Waals surface area contributed by atoms with Crippen LogP contribution < -0.4 is 4.90 Å². The molecule has 0 radical (unpaired) electrons. The summed E-state index contributed by atoms with van der Waals surface area (Å²) in [5, 5.41) is 11.1. The largest absolute Gasteiger partial charge is 0.507 e. The Morgan fingerprint density at radius 2 is 1.47 bits per heavy atom. The number of ketones is 1. The van der Waals surface area contributed by atoms with Crippen LogP contribution in [0, 0.1) is 20.8 Å². The van der Waals surface area contributed by atoms with E-state index in [-0.39, 0.29) is 11.3 Å². The lowest BCUT2D eigenvalue weighted by molar-refractivity contribution is -0.132. The number of aryl methyl sites for hydroxylation is 3. The quantitative estimate of drug-likeness (QED) is 0.374. The summed E-state index contributed by atoms with van der Waals surface area (Å²) in [4.78, 5) is 27.8. The van der Waals surface area contributed by atoms with E-state index in [0.29, 0.717) is 11.3 Å². The van der Waals surface area contributed by atoms with Gasteiger partial charge in [0.1, 0.15) is 5.76 Å². The standard InChI is InChI=1S/C26H23NO3/c1-16-9-12-20(13-10-16)24(28)22-23(19-7-5-4-6-8-19)27(26(30)25(22)29)21-14-11-17(2)15-18(21)3/h4-15,23,28H,1-3H3/b24-22+. The van der Waals surface area contributed by atoms with E-state index in [4.69, 9.17) is 0 Å². The summed E-state index contributed by atoms with van der Waals surface area (Å²) in [7, 11) is 0. The molecule has 3 aromatic rings. The Morgan fingerprint density at radius 3 is 2.10 bits per heavy atom. The number of carbonyl (C=O) groups is 2. The SMILES string of the molecule is Cc1ccc(/C(O)=C2\C(=O)C(=O)N(c3ccc(C)cc3C)C2c2ccccc2)cc1. The first-order valence-electron chi connectivity index (χ1n) is 9.88. The van der Waals surface area contributed by atoms with Crippen molar-refractivity contribution >= 4 is 23.1 Å². The highest BCUT2D eigenvalue weighted by Crippen LogP contribution is 2.43. The Labute approximate surface area is 176 Å². The third kappa shape index (κ3) is 3.30. The number of amides is 1. The zero-order valence-electron chi connectivity index (χ0n) is 17.2. The lowest BCUT2D eigenvalue weighted by Gasteiger charge is -2.27. The minimum atomic E-state index is -0.700. The summed E-state index contributed by atoms with van der Waals surface area (Å²) < 4.78 is 0. The Balaban J connectivity index is 1.96. The van der Waals surface area contributed by atoms with E-state index in [1.165, 1.54) is 4.90 Å². The molecule has 0 aromatic heterocycles. The van der Waals surface area contributed by atoms with E-state index >= 15 is 0 Å². The van der Waals surface area contributed by atoms with Crippen LogP contribution in [0.4, 0.5) is 5.69 Å². The molecule has 1 amide bonds. The molecule has 4 rings (SSSR count). The maximum Gasteiger partial charge on any atom is 0.300 e. The van der Waals surface area contributed by atoms with Gasteiger partial charge in [0.15, 0.2) is 0 Å². The molecular formula is C26H23NO3. The van der Waals surface area contributed by atoms with Gasteiger partial charge in [-0.25, -0.2) is 0 Å². The first-order chi connectivity index (χ1) is 14.4. The number of anilines is 1. The van der Waals surface area contributed by atoms with Crippen molar-refractivity contribution in [1.29, 1.82) is 0 Å². The molecule has 1 aliphatic rings. The second-order valence-electron chi connectivity index (χ2n) is 7.74. The molecule has 0 spiro atoms. The van der Waals surface area contributed by atoms with Gasteiger partial charge in [-0.1, -0.05) is 77.9 Å². The fourth-order valence-electron chi connectivity index (χ4n) is 3.97. The van der Waals surface area contributed by atoms with Gasteiger partial charge in [0, 0.05) is 11.3 Å². The molecule has 1 unspecified atom stereocenters. The fraction of sp³-hybridized carbons (Fsp3) is 0.154. The van der Waals surface area contributed by atoms with Crippen LogP contribution in [0.5, 0.6) is 0 Å². The van der Waals surface area contributed by atoms with Crippen LogP contribution in [0.1, 0.15) is 33.9 Å². The highest BCUT2D eigenvalue weighted by Gasteiger charge is 2.47. The second kappa shape index (κ2) is 7.64. The molecule has 0 bridgehead atoms. The number of aliphatic hydroxyl groups is 1. The zero-order chi connectivity index (χ0) is 21.4. The second-order valence-corrected chi connectivity index (χ2v) is 7.74. The highest BCUT2D eigenvalue weighted by molar-refractivity contribution is 6.51. The van der Waals surface area contributed by atoms with Gasteiger partial charge in [-0.2, -0.15) is 0 Å². The van der Waals surface area contributed by atoms with E-state index in [2.05, 4.69) is 0 Å². The van der Waals surface area contributed by atoms with Crippen molar-refractivity contribution in [3.8, 4) is 0 Å². The van der Waals surface area contributed by atoms with Crippen LogP contribution in [-0.2, 0) is 9.59 Å². The molecule has 1 aliphatic heterocycles. The van der Waals surface area contributed by atoms with Crippen molar-refractivity contribution in [2.24, 2.45) is 0 Å². The molecule has 1 saturated heterocycles. The summed E-state index contributed by atoms with van der Waals surface area (Å²) >= 11 is 0. The maximum atomic E-state index is 13.2. The van der Waals surface area contributed by atoms with Gasteiger partial charge in [-0.05, 0) is 38.0 Å². The van der Waals surface area contributed by atoms with Gasteiger partial charge in [0.25, 0.3) is 11.7 Å². The van der Waals surface area contributed by atoms with E-state index < -0.39 is 17.7 Å². The molecule has 3 aromatic carbocycles. The van der Waals surface area contributed by atoms with Crippen LogP contribution in [0.3, 0.4) is 0 Å². The van der Waals surface area contributed by atoms with Gasteiger partial charge in [-0.3, -0.25) is 14.5 Å². The van der Waals surface area contributed by atoms with Crippen LogP contribution in [-0.4, -0.2) is 16.8 Å². The maximum absolute atomic E-state index is 13.2. The molecule has 1 heterocycles. The number of benzene rings is 3. The molecule has 4 heteroatoms. The minimum Gasteiger partial charge on any atom is -0.507 e.